The molecule has 0 saturated heterocycles. The van der Waals surface area contributed by atoms with Gasteiger partial charge in [-0.3, -0.25) is 0 Å². The molecule has 0 aliphatic rings. The fourth-order valence-electron chi connectivity index (χ4n) is 6.32. The van der Waals surface area contributed by atoms with Gasteiger partial charge in [-0.25, -0.2) is 0 Å². The van der Waals surface area contributed by atoms with Crippen LogP contribution in [0.3, 0.4) is 0 Å². The number of para-hydroxylation sites is 1. The predicted octanol–water partition coefficient (Wildman–Crippen LogP) is 8.76. The van der Waals surface area contributed by atoms with Crippen molar-refractivity contribution in [3.8, 4) is 11.1 Å². The summed E-state index contributed by atoms with van der Waals surface area (Å²) in [4.78, 5) is 3.67. The van der Waals surface area contributed by atoms with E-state index in [1.807, 2.05) is 0 Å². The predicted molar refractivity (Wildman–Crippen MR) is 145 cm³/mol. The number of fused-ring (bicyclic) bond motifs is 5. The van der Waals surface area contributed by atoms with Gasteiger partial charge in [0.25, 0.3) is 0 Å². The third kappa shape index (κ3) is 2.07. The van der Waals surface area contributed by atoms with Gasteiger partial charge in [0.15, 0.2) is 0 Å². The molecular formula is C32H22N2. The van der Waals surface area contributed by atoms with Crippen LogP contribution in [-0.2, 0) is 0 Å². The van der Waals surface area contributed by atoms with E-state index < -0.39 is 0 Å². The van der Waals surface area contributed by atoms with Crippen molar-refractivity contribution >= 4 is 59.9 Å². The summed E-state index contributed by atoms with van der Waals surface area (Å²) in [5.74, 6) is 0. The summed E-state index contributed by atoms with van der Waals surface area (Å²) < 4.78 is 2.51. The van der Waals surface area contributed by atoms with Crippen molar-refractivity contribution in [1.29, 1.82) is 0 Å². The molecule has 1 N–H and O–H groups in total. The highest BCUT2D eigenvalue weighted by Gasteiger charge is 2.21. The maximum atomic E-state index is 3.67. The zero-order valence-corrected chi connectivity index (χ0v) is 19.1. The van der Waals surface area contributed by atoms with Crippen molar-refractivity contribution in [2.24, 2.45) is 0 Å². The minimum absolute atomic E-state index is 1.19. The molecule has 0 amide bonds. The second-order valence-electron chi connectivity index (χ2n) is 9.56. The Morgan fingerprint density at radius 1 is 0.529 bits per heavy atom. The van der Waals surface area contributed by atoms with Crippen molar-refractivity contribution in [3.05, 3.63) is 102 Å². The van der Waals surface area contributed by atoms with Crippen LogP contribution in [0, 0.1) is 13.8 Å². The van der Waals surface area contributed by atoms with E-state index in [-0.39, 0.29) is 0 Å². The highest BCUT2D eigenvalue weighted by atomic mass is 14.9. The fourth-order valence-corrected chi connectivity index (χ4v) is 6.32. The molecule has 2 nitrogen and oxygen atoms in total. The number of hydrogen-bond acceptors (Lipinski definition) is 0. The number of benzene rings is 5. The molecule has 0 fully saturated rings. The van der Waals surface area contributed by atoms with E-state index in [0.717, 1.165) is 0 Å². The Labute approximate surface area is 196 Å². The highest BCUT2D eigenvalue weighted by molar-refractivity contribution is 6.31. The maximum absolute atomic E-state index is 3.67. The van der Waals surface area contributed by atoms with Crippen LogP contribution in [0.1, 0.15) is 11.1 Å². The SMILES string of the molecule is Cc1ccccc1-c1c(C)ccc2c1c1cccc3c4cccc5[nH]c6cccc(c6c54)n2c31. The Morgan fingerprint density at radius 2 is 1.24 bits per heavy atom. The minimum Gasteiger partial charge on any atom is -0.354 e. The number of H-pyrrole nitrogens is 1. The van der Waals surface area contributed by atoms with Gasteiger partial charge >= 0.3 is 0 Å². The Bertz CT molecular complexity index is 2080. The van der Waals surface area contributed by atoms with E-state index in [0.29, 0.717) is 0 Å². The molecule has 8 rings (SSSR count). The molecule has 34 heavy (non-hydrogen) atoms. The summed E-state index contributed by atoms with van der Waals surface area (Å²) in [6, 6.07) is 33.5. The fraction of sp³-hybridized carbons (Fsp3) is 0.0625. The van der Waals surface area contributed by atoms with Crippen LogP contribution in [0.2, 0.25) is 0 Å². The van der Waals surface area contributed by atoms with E-state index in [1.54, 1.807) is 0 Å². The summed E-state index contributed by atoms with van der Waals surface area (Å²) >= 11 is 0. The van der Waals surface area contributed by atoms with Gasteiger partial charge in [0.1, 0.15) is 0 Å². The van der Waals surface area contributed by atoms with Crippen LogP contribution >= 0.6 is 0 Å². The second kappa shape index (κ2) is 6.18. The first-order valence-electron chi connectivity index (χ1n) is 11.9. The van der Waals surface area contributed by atoms with Gasteiger partial charge in [-0.1, -0.05) is 66.7 Å². The normalized spacial score (nSPS) is 12.4. The maximum Gasteiger partial charge on any atom is 0.0620 e. The third-order valence-electron chi connectivity index (χ3n) is 7.73. The van der Waals surface area contributed by atoms with E-state index >= 15 is 0 Å². The molecule has 0 atom stereocenters. The van der Waals surface area contributed by atoms with Crippen LogP contribution in [0.5, 0.6) is 0 Å². The Kier molecular flexibility index (Phi) is 3.30. The molecule has 0 unspecified atom stereocenters. The second-order valence-corrected chi connectivity index (χ2v) is 9.56. The van der Waals surface area contributed by atoms with Gasteiger partial charge in [0, 0.05) is 38.0 Å². The van der Waals surface area contributed by atoms with Crippen molar-refractivity contribution in [2.45, 2.75) is 13.8 Å². The van der Waals surface area contributed by atoms with E-state index in [1.165, 1.54) is 82.2 Å². The van der Waals surface area contributed by atoms with Crippen LogP contribution in [0.15, 0.2) is 91.0 Å². The molecule has 8 aromatic rings. The molecule has 0 bridgehead atoms. The Hall–Kier alpha value is -4.30. The van der Waals surface area contributed by atoms with Crippen LogP contribution in [0.25, 0.3) is 71.0 Å². The average Bonchev–Trinajstić information content (AvgIpc) is 3.36. The lowest BCUT2D eigenvalue weighted by Gasteiger charge is -2.12. The molecule has 3 heterocycles. The van der Waals surface area contributed by atoms with Gasteiger partial charge in [-0.2, -0.15) is 0 Å². The van der Waals surface area contributed by atoms with Crippen molar-refractivity contribution in [2.75, 3.05) is 0 Å². The monoisotopic (exact) mass is 434 g/mol. The molecule has 0 spiro atoms. The highest BCUT2D eigenvalue weighted by Crippen LogP contribution is 2.45. The molecule has 0 aliphatic carbocycles. The Morgan fingerprint density at radius 3 is 2.12 bits per heavy atom. The number of aromatic amines is 1. The van der Waals surface area contributed by atoms with Crippen LogP contribution in [0.4, 0.5) is 0 Å². The first kappa shape index (κ1) is 18.2. The lowest BCUT2D eigenvalue weighted by molar-refractivity contribution is 1.35. The van der Waals surface area contributed by atoms with Gasteiger partial charge in [0.05, 0.1) is 16.6 Å². The zero-order valence-electron chi connectivity index (χ0n) is 19.1. The summed E-state index contributed by atoms with van der Waals surface area (Å²) in [5, 5.41) is 7.89. The van der Waals surface area contributed by atoms with Gasteiger partial charge < -0.3 is 9.38 Å². The molecule has 0 aliphatic heterocycles. The van der Waals surface area contributed by atoms with Crippen molar-refractivity contribution < 1.29 is 0 Å². The lowest BCUT2D eigenvalue weighted by atomic mass is 9.92. The number of aromatic nitrogens is 2. The average molecular weight is 435 g/mol. The van der Waals surface area contributed by atoms with E-state index in [4.69, 9.17) is 0 Å². The molecule has 2 heteroatoms. The van der Waals surface area contributed by atoms with Crippen molar-refractivity contribution in [3.63, 3.8) is 0 Å². The molecule has 0 saturated carbocycles. The van der Waals surface area contributed by atoms with Gasteiger partial charge in [0.2, 0.25) is 0 Å². The third-order valence-corrected chi connectivity index (χ3v) is 7.73. The molecular weight excluding hydrogens is 412 g/mol. The lowest BCUT2D eigenvalue weighted by Crippen LogP contribution is -1.89. The van der Waals surface area contributed by atoms with Crippen molar-refractivity contribution in [1.82, 2.24) is 9.38 Å². The van der Waals surface area contributed by atoms with E-state index in [2.05, 4.69) is 114 Å². The number of hydrogen-bond donors (Lipinski definition) is 1. The first-order chi connectivity index (χ1) is 16.7. The van der Waals surface area contributed by atoms with Gasteiger partial charge in [-0.05, 0) is 65.8 Å². The molecule has 3 aromatic heterocycles. The number of aryl methyl sites for hydroxylation is 2. The molecule has 0 radical (unpaired) electrons. The first-order valence-corrected chi connectivity index (χ1v) is 11.9. The van der Waals surface area contributed by atoms with E-state index in [9.17, 15) is 0 Å². The largest absolute Gasteiger partial charge is 0.354 e. The number of nitrogens with one attached hydrogen (secondary N) is 1. The molecule has 160 valence electrons. The minimum atomic E-state index is 1.19. The summed E-state index contributed by atoms with van der Waals surface area (Å²) in [6.45, 7) is 4.46. The Balaban J connectivity index is 1.77. The standard InChI is InChI=1S/C32H22N2/c1-18-8-3-4-9-20(18)28-19(2)16-17-27-30(28)23-12-5-11-22-21-10-6-13-24-29(21)31-25(33-24)14-7-15-26(31)34(27)32(22)23/h3-17,33H,1-2H3. The van der Waals surface area contributed by atoms with Crippen LogP contribution in [-0.4, -0.2) is 9.38 Å². The van der Waals surface area contributed by atoms with Gasteiger partial charge in [-0.15, -0.1) is 0 Å². The number of nitrogens with zero attached hydrogens (tertiary/aromatic N) is 1. The number of rotatable bonds is 1. The smallest absolute Gasteiger partial charge is 0.0620 e. The van der Waals surface area contributed by atoms with Crippen LogP contribution < -0.4 is 0 Å². The summed E-state index contributed by atoms with van der Waals surface area (Å²) in [7, 11) is 0. The topological polar surface area (TPSA) is 20.2 Å². The quantitative estimate of drug-likeness (QED) is 0.266. The summed E-state index contributed by atoms with van der Waals surface area (Å²) in [6.07, 6.45) is 0. The molecule has 5 aromatic carbocycles. The zero-order chi connectivity index (χ0) is 22.6. The summed E-state index contributed by atoms with van der Waals surface area (Å²) in [5.41, 5.74) is 11.5.